The summed E-state index contributed by atoms with van der Waals surface area (Å²) < 4.78 is 32.3. The summed E-state index contributed by atoms with van der Waals surface area (Å²) in [5.41, 5.74) is 0. The van der Waals surface area contributed by atoms with Crippen LogP contribution in [0.2, 0.25) is 0 Å². The van der Waals surface area contributed by atoms with Gasteiger partial charge >= 0.3 is 5.97 Å². The Bertz CT molecular complexity index is 534. The Morgan fingerprint density at radius 1 is 1.56 bits per heavy atom. The van der Waals surface area contributed by atoms with E-state index in [9.17, 15) is 13.2 Å². The number of ether oxygens (including phenoxy) is 2. The molecule has 1 atom stereocenters. The Kier molecular flexibility index (Phi) is 5.15. The van der Waals surface area contributed by atoms with Crippen molar-refractivity contribution in [2.24, 2.45) is 0 Å². The molecule has 0 fully saturated rings. The minimum atomic E-state index is -3.83. The Hall–Kier alpha value is -0.630. The summed E-state index contributed by atoms with van der Waals surface area (Å²) >= 11 is 1.03. The van der Waals surface area contributed by atoms with E-state index in [2.05, 4.69) is 0 Å². The number of thiophene rings is 1. The molecule has 0 saturated carbocycles. The number of rotatable bonds is 5. The summed E-state index contributed by atoms with van der Waals surface area (Å²) in [6.45, 7) is 3.53. The molecule has 0 spiro atoms. The van der Waals surface area contributed by atoms with Crippen LogP contribution in [0.5, 0.6) is 0 Å². The Labute approximate surface area is 114 Å². The molecule has 0 saturated heterocycles. The lowest BCUT2D eigenvalue weighted by molar-refractivity contribution is 0.0125. The van der Waals surface area contributed by atoms with E-state index in [1.165, 1.54) is 13.2 Å². The second kappa shape index (κ2) is 6.01. The highest BCUT2D eigenvalue weighted by molar-refractivity contribution is 8.13. The maximum absolute atomic E-state index is 11.7. The molecule has 0 aliphatic carbocycles. The number of esters is 1. The van der Waals surface area contributed by atoms with Crippen molar-refractivity contribution in [3.63, 3.8) is 0 Å². The molecular formula is C10H13ClO5S2. The standard InChI is InChI=1S/C10H13ClO5S2/c1-6(5-15-3)16-10(12)8-4-9(7(2)17-8)18(11,13)14/h4,6H,5H2,1-3H3. The van der Waals surface area contributed by atoms with Crippen LogP contribution in [0.1, 0.15) is 21.5 Å². The van der Waals surface area contributed by atoms with E-state index < -0.39 is 21.1 Å². The average molecular weight is 313 g/mol. The van der Waals surface area contributed by atoms with E-state index in [1.807, 2.05) is 0 Å². The van der Waals surface area contributed by atoms with E-state index in [0.29, 0.717) is 4.88 Å². The quantitative estimate of drug-likeness (QED) is 0.615. The van der Waals surface area contributed by atoms with Gasteiger partial charge in [-0.05, 0) is 19.9 Å². The molecular weight excluding hydrogens is 300 g/mol. The van der Waals surface area contributed by atoms with Crippen LogP contribution in [-0.2, 0) is 18.5 Å². The highest BCUT2D eigenvalue weighted by Gasteiger charge is 2.22. The number of methoxy groups -OCH3 is 1. The third-order valence-corrected chi connectivity index (χ3v) is 4.65. The lowest BCUT2D eigenvalue weighted by atomic mass is 10.4. The predicted molar refractivity (Wildman–Crippen MR) is 68.8 cm³/mol. The van der Waals surface area contributed by atoms with Crippen LogP contribution in [0.15, 0.2) is 11.0 Å². The van der Waals surface area contributed by atoms with Gasteiger partial charge in [-0.1, -0.05) is 0 Å². The molecule has 1 unspecified atom stereocenters. The van der Waals surface area contributed by atoms with Gasteiger partial charge in [0.2, 0.25) is 0 Å². The van der Waals surface area contributed by atoms with Crippen LogP contribution in [0.4, 0.5) is 0 Å². The first kappa shape index (κ1) is 15.4. The fourth-order valence-corrected chi connectivity index (χ4v) is 3.86. The molecule has 8 heteroatoms. The van der Waals surface area contributed by atoms with Gasteiger partial charge < -0.3 is 9.47 Å². The number of halogens is 1. The summed E-state index contributed by atoms with van der Waals surface area (Å²) in [5, 5.41) is 0. The lowest BCUT2D eigenvalue weighted by Gasteiger charge is -2.10. The number of hydrogen-bond acceptors (Lipinski definition) is 6. The fourth-order valence-electron chi connectivity index (χ4n) is 1.32. The third-order valence-electron chi connectivity index (χ3n) is 2.05. The Morgan fingerprint density at radius 3 is 2.61 bits per heavy atom. The third kappa shape index (κ3) is 3.94. The molecule has 1 heterocycles. The fraction of sp³-hybridized carbons (Fsp3) is 0.500. The zero-order valence-corrected chi connectivity index (χ0v) is 12.5. The molecule has 0 aromatic carbocycles. The van der Waals surface area contributed by atoms with Gasteiger partial charge in [-0.15, -0.1) is 11.3 Å². The van der Waals surface area contributed by atoms with Gasteiger partial charge in [0.1, 0.15) is 11.0 Å². The van der Waals surface area contributed by atoms with E-state index in [1.54, 1.807) is 13.8 Å². The Balaban J connectivity index is 2.89. The van der Waals surface area contributed by atoms with Gasteiger partial charge in [0.25, 0.3) is 9.05 Å². The SMILES string of the molecule is COCC(C)OC(=O)c1cc(S(=O)(=O)Cl)c(C)s1. The van der Waals surface area contributed by atoms with Crippen LogP contribution < -0.4 is 0 Å². The topological polar surface area (TPSA) is 69.7 Å². The molecule has 0 amide bonds. The van der Waals surface area contributed by atoms with Crippen molar-refractivity contribution in [2.75, 3.05) is 13.7 Å². The minimum absolute atomic E-state index is 0.0551. The molecule has 1 aromatic rings. The van der Waals surface area contributed by atoms with Crippen molar-refractivity contribution in [3.05, 3.63) is 15.8 Å². The molecule has 1 rings (SSSR count). The molecule has 0 aliphatic rings. The molecule has 0 aliphatic heterocycles. The molecule has 102 valence electrons. The van der Waals surface area contributed by atoms with Gasteiger partial charge in [0, 0.05) is 22.7 Å². The van der Waals surface area contributed by atoms with Crippen LogP contribution in [-0.4, -0.2) is 34.2 Å². The van der Waals surface area contributed by atoms with Gasteiger partial charge in [-0.25, -0.2) is 13.2 Å². The highest BCUT2D eigenvalue weighted by atomic mass is 35.7. The molecule has 0 radical (unpaired) electrons. The van der Waals surface area contributed by atoms with Crippen molar-refractivity contribution >= 4 is 37.0 Å². The number of hydrogen-bond donors (Lipinski definition) is 0. The van der Waals surface area contributed by atoms with Crippen molar-refractivity contribution in [1.29, 1.82) is 0 Å². The predicted octanol–water partition coefficient (Wildman–Crippen LogP) is 2.18. The van der Waals surface area contributed by atoms with Crippen molar-refractivity contribution in [3.8, 4) is 0 Å². The molecule has 0 N–H and O–H groups in total. The van der Waals surface area contributed by atoms with E-state index >= 15 is 0 Å². The zero-order chi connectivity index (χ0) is 13.9. The number of carbonyl (C=O) groups excluding carboxylic acids is 1. The average Bonchev–Trinajstić information content (AvgIpc) is 2.60. The van der Waals surface area contributed by atoms with E-state index in [0.717, 1.165) is 11.3 Å². The Morgan fingerprint density at radius 2 is 2.17 bits per heavy atom. The summed E-state index contributed by atoms with van der Waals surface area (Å²) in [6.07, 6.45) is -0.402. The highest BCUT2D eigenvalue weighted by Crippen LogP contribution is 2.28. The molecule has 0 bridgehead atoms. The van der Waals surface area contributed by atoms with Gasteiger partial charge in [-0.3, -0.25) is 0 Å². The molecule has 18 heavy (non-hydrogen) atoms. The van der Waals surface area contributed by atoms with Crippen molar-refractivity contribution in [2.45, 2.75) is 24.8 Å². The first-order valence-electron chi connectivity index (χ1n) is 5.00. The van der Waals surface area contributed by atoms with E-state index in [4.69, 9.17) is 20.2 Å². The first-order chi connectivity index (χ1) is 8.25. The largest absolute Gasteiger partial charge is 0.456 e. The van der Waals surface area contributed by atoms with Crippen LogP contribution in [0.25, 0.3) is 0 Å². The normalized spacial score (nSPS) is 13.3. The van der Waals surface area contributed by atoms with Crippen molar-refractivity contribution < 1.29 is 22.7 Å². The summed E-state index contributed by atoms with van der Waals surface area (Å²) in [7, 11) is 2.91. The van der Waals surface area contributed by atoms with E-state index in [-0.39, 0.29) is 16.4 Å². The monoisotopic (exact) mass is 312 g/mol. The van der Waals surface area contributed by atoms with Gasteiger partial charge in [0.15, 0.2) is 0 Å². The zero-order valence-electron chi connectivity index (χ0n) is 10.1. The summed E-state index contributed by atoms with van der Waals surface area (Å²) in [6, 6.07) is 1.23. The van der Waals surface area contributed by atoms with Gasteiger partial charge in [-0.2, -0.15) is 0 Å². The summed E-state index contributed by atoms with van der Waals surface area (Å²) in [4.78, 5) is 12.3. The first-order valence-corrected chi connectivity index (χ1v) is 8.13. The van der Waals surface area contributed by atoms with Crippen LogP contribution in [0.3, 0.4) is 0 Å². The number of aryl methyl sites for hydroxylation is 1. The van der Waals surface area contributed by atoms with Gasteiger partial charge in [0.05, 0.1) is 11.5 Å². The maximum Gasteiger partial charge on any atom is 0.348 e. The van der Waals surface area contributed by atoms with Crippen LogP contribution >= 0.6 is 22.0 Å². The minimum Gasteiger partial charge on any atom is -0.456 e. The van der Waals surface area contributed by atoms with Crippen LogP contribution in [0, 0.1) is 6.92 Å². The van der Waals surface area contributed by atoms with Crippen molar-refractivity contribution in [1.82, 2.24) is 0 Å². The second-order valence-electron chi connectivity index (χ2n) is 3.64. The molecule has 1 aromatic heterocycles. The smallest absolute Gasteiger partial charge is 0.348 e. The molecule has 5 nitrogen and oxygen atoms in total. The lowest BCUT2D eigenvalue weighted by Crippen LogP contribution is -2.19. The maximum atomic E-state index is 11.7. The second-order valence-corrected chi connectivity index (χ2v) is 7.43. The summed E-state index contributed by atoms with van der Waals surface area (Å²) in [5.74, 6) is -0.584. The number of carbonyl (C=O) groups is 1.